The van der Waals surface area contributed by atoms with E-state index in [0.717, 1.165) is 28.7 Å². The molecule has 3 amide bonds. The molecule has 1 fully saturated rings. The lowest BCUT2D eigenvalue weighted by Gasteiger charge is -2.19. The number of hydrogen-bond acceptors (Lipinski definition) is 4. The Labute approximate surface area is 168 Å². The van der Waals surface area contributed by atoms with E-state index in [9.17, 15) is 14.4 Å². The number of hydrogen-bond donors (Lipinski definition) is 1. The number of rotatable bonds is 5. The molecule has 2 aromatic rings. The highest BCUT2D eigenvalue weighted by Gasteiger charge is 2.37. The third-order valence-corrected chi connectivity index (χ3v) is 5.75. The molecule has 1 atom stereocenters. The van der Waals surface area contributed by atoms with Crippen molar-refractivity contribution in [2.75, 3.05) is 5.43 Å². The van der Waals surface area contributed by atoms with Gasteiger partial charge in [0.1, 0.15) is 0 Å². The minimum atomic E-state index is -0.262. The van der Waals surface area contributed by atoms with Crippen LogP contribution in [0.1, 0.15) is 47.6 Å². The SMILES string of the molecule is CC[C@H](C)N1C(=O)S/C(=C/c2cc(C)n(NC(=O)c3ccccc3)c2C)C1=O. The van der Waals surface area contributed by atoms with Crippen molar-refractivity contribution >= 4 is 34.9 Å². The van der Waals surface area contributed by atoms with Gasteiger partial charge in [-0.15, -0.1) is 0 Å². The summed E-state index contributed by atoms with van der Waals surface area (Å²) in [4.78, 5) is 39.0. The molecule has 0 radical (unpaired) electrons. The van der Waals surface area contributed by atoms with Gasteiger partial charge in [0.25, 0.3) is 17.1 Å². The second-order valence-electron chi connectivity index (χ2n) is 6.78. The maximum absolute atomic E-state index is 12.6. The van der Waals surface area contributed by atoms with Crippen LogP contribution in [0.15, 0.2) is 41.3 Å². The zero-order valence-electron chi connectivity index (χ0n) is 16.4. The number of carbonyl (C=O) groups excluding carboxylic acids is 3. The molecule has 1 aliphatic heterocycles. The molecule has 1 aromatic carbocycles. The second-order valence-corrected chi connectivity index (χ2v) is 7.77. The van der Waals surface area contributed by atoms with Gasteiger partial charge in [-0.05, 0) is 68.8 Å². The molecule has 6 nitrogen and oxygen atoms in total. The minimum absolute atomic E-state index is 0.129. The smallest absolute Gasteiger partial charge is 0.268 e. The molecule has 0 unspecified atom stereocenters. The third kappa shape index (κ3) is 3.75. The monoisotopic (exact) mass is 397 g/mol. The van der Waals surface area contributed by atoms with Gasteiger partial charge in [-0.2, -0.15) is 0 Å². The average Bonchev–Trinajstić information content (AvgIpc) is 3.11. The lowest BCUT2D eigenvalue weighted by atomic mass is 10.2. The summed E-state index contributed by atoms with van der Waals surface area (Å²) in [6.45, 7) is 7.55. The lowest BCUT2D eigenvalue weighted by molar-refractivity contribution is -0.124. The van der Waals surface area contributed by atoms with Gasteiger partial charge in [-0.25, -0.2) is 0 Å². The van der Waals surface area contributed by atoms with Crippen LogP contribution in [-0.4, -0.2) is 32.7 Å². The van der Waals surface area contributed by atoms with Gasteiger partial charge in [0.05, 0.1) is 4.91 Å². The first-order chi connectivity index (χ1) is 13.3. The normalized spacial score (nSPS) is 16.7. The van der Waals surface area contributed by atoms with Gasteiger partial charge >= 0.3 is 0 Å². The molecule has 2 heterocycles. The van der Waals surface area contributed by atoms with Gasteiger partial charge in [-0.1, -0.05) is 25.1 Å². The van der Waals surface area contributed by atoms with E-state index >= 15 is 0 Å². The Bertz CT molecular complexity index is 963. The number of aromatic nitrogens is 1. The molecule has 7 heteroatoms. The summed E-state index contributed by atoms with van der Waals surface area (Å²) in [5.74, 6) is -0.478. The van der Waals surface area contributed by atoms with Crippen molar-refractivity contribution in [2.45, 2.75) is 40.2 Å². The molecule has 1 aliphatic rings. The number of aryl methyl sites for hydroxylation is 1. The van der Waals surface area contributed by atoms with Crippen LogP contribution in [0.4, 0.5) is 4.79 Å². The highest BCUT2D eigenvalue weighted by Crippen LogP contribution is 2.34. The number of imide groups is 1. The van der Waals surface area contributed by atoms with E-state index < -0.39 is 0 Å². The summed E-state index contributed by atoms with van der Waals surface area (Å²) in [5, 5.41) is -0.239. The summed E-state index contributed by atoms with van der Waals surface area (Å²) >= 11 is 0.957. The van der Waals surface area contributed by atoms with Crippen LogP contribution in [-0.2, 0) is 4.79 Å². The largest absolute Gasteiger partial charge is 0.293 e. The van der Waals surface area contributed by atoms with Crippen molar-refractivity contribution in [1.82, 2.24) is 9.58 Å². The Kier molecular flexibility index (Phi) is 5.74. The highest BCUT2D eigenvalue weighted by atomic mass is 32.2. The first-order valence-corrected chi connectivity index (χ1v) is 9.97. The number of carbonyl (C=O) groups is 3. The average molecular weight is 398 g/mol. The molecule has 0 aliphatic carbocycles. The van der Waals surface area contributed by atoms with Gasteiger partial charge in [0.15, 0.2) is 0 Å². The Morgan fingerprint density at radius 3 is 2.54 bits per heavy atom. The zero-order chi connectivity index (χ0) is 20.4. The zero-order valence-corrected chi connectivity index (χ0v) is 17.2. The van der Waals surface area contributed by atoms with Crippen molar-refractivity contribution in [1.29, 1.82) is 0 Å². The van der Waals surface area contributed by atoms with Crippen LogP contribution >= 0.6 is 11.8 Å². The fourth-order valence-electron chi connectivity index (χ4n) is 3.05. The van der Waals surface area contributed by atoms with E-state index in [1.165, 1.54) is 4.90 Å². The quantitative estimate of drug-likeness (QED) is 0.763. The Hall–Kier alpha value is -2.80. The standard InChI is InChI=1S/C21H23N3O3S/c1-5-13(2)23-20(26)18(28-21(23)27)12-17-11-14(3)24(15(17)4)22-19(25)16-9-7-6-8-10-16/h6-13H,5H2,1-4H3,(H,22,25)/b18-12+/t13-/m0/s1. The first-order valence-electron chi connectivity index (χ1n) is 9.15. The highest BCUT2D eigenvalue weighted by molar-refractivity contribution is 8.18. The van der Waals surface area contributed by atoms with Gasteiger partial charge in [-0.3, -0.25) is 29.4 Å². The maximum Gasteiger partial charge on any atom is 0.293 e. The van der Waals surface area contributed by atoms with Crippen molar-refractivity contribution in [3.8, 4) is 0 Å². The van der Waals surface area contributed by atoms with Crippen LogP contribution in [0, 0.1) is 13.8 Å². The maximum atomic E-state index is 12.6. The summed E-state index contributed by atoms with van der Waals surface area (Å²) in [5.41, 5.74) is 5.85. The van der Waals surface area contributed by atoms with E-state index in [2.05, 4.69) is 5.43 Å². The molecule has 0 spiro atoms. The van der Waals surface area contributed by atoms with Crippen LogP contribution in [0.5, 0.6) is 0 Å². The number of amides is 3. The minimum Gasteiger partial charge on any atom is -0.268 e. The number of nitrogens with zero attached hydrogens (tertiary/aromatic N) is 2. The van der Waals surface area contributed by atoms with Crippen LogP contribution < -0.4 is 5.43 Å². The predicted molar refractivity (Wildman–Crippen MR) is 112 cm³/mol. The fraction of sp³-hybridized carbons (Fsp3) is 0.286. The topological polar surface area (TPSA) is 71.4 Å². The molecule has 146 valence electrons. The predicted octanol–water partition coefficient (Wildman–Crippen LogP) is 4.32. The van der Waals surface area contributed by atoms with Crippen molar-refractivity contribution in [2.24, 2.45) is 0 Å². The Balaban J connectivity index is 1.86. The van der Waals surface area contributed by atoms with E-state index in [1.807, 2.05) is 52.0 Å². The lowest BCUT2D eigenvalue weighted by Crippen LogP contribution is -2.36. The van der Waals surface area contributed by atoms with E-state index in [0.29, 0.717) is 16.9 Å². The molecule has 0 saturated carbocycles. The van der Waals surface area contributed by atoms with Crippen LogP contribution in [0.25, 0.3) is 6.08 Å². The number of benzene rings is 1. The van der Waals surface area contributed by atoms with Crippen LogP contribution in [0.3, 0.4) is 0 Å². The van der Waals surface area contributed by atoms with Crippen molar-refractivity contribution in [3.05, 3.63) is 63.8 Å². The third-order valence-electron chi connectivity index (χ3n) is 4.86. The molecule has 1 N–H and O–H groups in total. The van der Waals surface area contributed by atoms with Crippen molar-refractivity contribution in [3.63, 3.8) is 0 Å². The molecular weight excluding hydrogens is 374 g/mol. The molecule has 3 rings (SSSR count). The van der Waals surface area contributed by atoms with Gasteiger partial charge in [0.2, 0.25) is 0 Å². The van der Waals surface area contributed by atoms with Crippen LogP contribution in [0.2, 0.25) is 0 Å². The molecule has 1 saturated heterocycles. The Morgan fingerprint density at radius 1 is 1.21 bits per heavy atom. The second kappa shape index (κ2) is 8.06. The summed E-state index contributed by atoms with van der Waals surface area (Å²) in [6, 6.07) is 10.7. The van der Waals surface area contributed by atoms with Crippen molar-refractivity contribution < 1.29 is 14.4 Å². The summed E-state index contributed by atoms with van der Waals surface area (Å²) in [6.07, 6.45) is 2.44. The van der Waals surface area contributed by atoms with E-state index in [4.69, 9.17) is 0 Å². The van der Waals surface area contributed by atoms with E-state index in [-0.39, 0.29) is 23.1 Å². The first kappa shape index (κ1) is 19.9. The number of nitrogens with one attached hydrogen (secondary N) is 1. The van der Waals surface area contributed by atoms with Gasteiger partial charge < -0.3 is 0 Å². The van der Waals surface area contributed by atoms with Gasteiger partial charge in [0, 0.05) is 23.0 Å². The molecule has 1 aromatic heterocycles. The molecule has 28 heavy (non-hydrogen) atoms. The number of thioether (sulfide) groups is 1. The van der Waals surface area contributed by atoms with E-state index in [1.54, 1.807) is 22.9 Å². The molecular formula is C21H23N3O3S. The summed E-state index contributed by atoms with van der Waals surface area (Å²) < 4.78 is 1.69. The fourth-order valence-corrected chi connectivity index (χ4v) is 3.97. The Morgan fingerprint density at radius 2 is 1.89 bits per heavy atom. The molecule has 0 bridgehead atoms. The summed E-state index contributed by atoms with van der Waals surface area (Å²) in [7, 11) is 0.